The highest BCUT2D eigenvalue weighted by Crippen LogP contribution is 2.20. The molecule has 0 aliphatic heterocycles. The lowest BCUT2D eigenvalue weighted by Crippen LogP contribution is -2.16. The average Bonchev–Trinajstić information content (AvgIpc) is 2.67. The third-order valence-corrected chi connectivity index (χ3v) is 3.73. The Labute approximate surface area is 140 Å². The van der Waals surface area contributed by atoms with E-state index >= 15 is 0 Å². The van der Waals surface area contributed by atoms with Crippen LogP contribution in [0.25, 0.3) is 11.1 Å². The minimum Gasteiger partial charge on any atom is -0.394 e. The van der Waals surface area contributed by atoms with Crippen molar-refractivity contribution in [2.75, 3.05) is 6.61 Å². The molecule has 0 spiro atoms. The summed E-state index contributed by atoms with van der Waals surface area (Å²) in [4.78, 5) is 12.5. The van der Waals surface area contributed by atoms with Gasteiger partial charge in [0, 0.05) is 30.4 Å². The van der Waals surface area contributed by atoms with Crippen molar-refractivity contribution in [3.63, 3.8) is 0 Å². The zero-order valence-corrected chi connectivity index (χ0v) is 13.1. The van der Waals surface area contributed by atoms with E-state index in [1.54, 1.807) is 24.8 Å². The van der Waals surface area contributed by atoms with Crippen LogP contribution in [0.15, 0.2) is 78.3 Å². The smallest absolute Gasteiger partial charge is 0.126 e. The monoisotopic (exact) mass is 318 g/mol. The van der Waals surface area contributed by atoms with Gasteiger partial charge in [-0.15, -0.1) is 0 Å². The second-order valence-electron chi connectivity index (χ2n) is 5.31. The quantitative estimate of drug-likeness (QED) is 0.559. The molecule has 1 atom stereocenters. The fraction of sp³-hybridized carbons (Fsp3) is 0.105. The van der Waals surface area contributed by atoms with Crippen molar-refractivity contribution < 1.29 is 5.11 Å². The van der Waals surface area contributed by atoms with Crippen LogP contribution >= 0.6 is 0 Å². The van der Waals surface area contributed by atoms with Crippen LogP contribution in [0.5, 0.6) is 0 Å². The van der Waals surface area contributed by atoms with Crippen molar-refractivity contribution in [2.45, 2.75) is 6.04 Å². The van der Waals surface area contributed by atoms with Crippen molar-refractivity contribution in [1.29, 1.82) is 0 Å². The lowest BCUT2D eigenvalue weighted by Gasteiger charge is -2.11. The lowest BCUT2D eigenvalue weighted by atomic mass is 10.0. The molecule has 0 fully saturated rings. The standard InChI is InChI=1S/C19H18N4O/c20-19(23-18(13-24)17-2-1-9-22-12-17)16-5-3-14(4-6-16)15-7-10-21-11-8-15/h1-12,18,24H,13H2,(H2,20,23). The molecule has 5 nitrogen and oxygen atoms in total. The number of amidine groups is 1. The molecular formula is C19H18N4O. The normalized spacial score (nSPS) is 12.8. The van der Waals surface area contributed by atoms with E-state index in [0.29, 0.717) is 5.84 Å². The summed E-state index contributed by atoms with van der Waals surface area (Å²) in [6.07, 6.45) is 6.89. The number of pyridine rings is 2. The summed E-state index contributed by atoms with van der Waals surface area (Å²) in [5.41, 5.74) is 9.93. The number of aliphatic hydroxyl groups is 1. The molecule has 1 aromatic carbocycles. The highest BCUT2D eigenvalue weighted by molar-refractivity contribution is 5.98. The minimum atomic E-state index is -0.418. The summed E-state index contributed by atoms with van der Waals surface area (Å²) in [6, 6.07) is 15.0. The predicted octanol–water partition coefficient (Wildman–Crippen LogP) is 2.58. The Morgan fingerprint density at radius 1 is 0.958 bits per heavy atom. The van der Waals surface area contributed by atoms with Gasteiger partial charge in [-0.3, -0.25) is 15.0 Å². The Hall–Kier alpha value is -3.05. The van der Waals surface area contributed by atoms with E-state index in [2.05, 4.69) is 15.0 Å². The van der Waals surface area contributed by atoms with Gasteiger partial charge in [0.2, 0.25) is 0 Å². The molecule has 0 bridgehead atoms. The summed E-state index contributed by atoms with van der Waals surface area (Å²) in [7, 11) is 0. The fourth-order valence-electron chi connectivity index (χ4n) is 2.41. The third-order valence-electron chi connectivity index (χ3n) is 3.73. The molecule has 2 aromatic heterocycles. The SMILES string of the molecule is NC(=NC(CO)c1cccnc1)c1ccc(-c2ccncc2)cc1. The first kappa shape index (κ1) is 15.8. The van der Waals surface area contributed by atoms with Crippen LogP contribution in [0.4, 0.5) is 0 Å². The topological polar surface area (TPSA) is 84.4 Å². The number of aliphatic imine (C=N–C) groups is 1. The Balaban J connectivity index is 1.83. The molecule has 0 radical (unpaired) electrons. The number of nitrogens with zero attached hydrogens (tertiary/aromatic N) is 3. The molecule has 0 aliphatic rings. The minimum absolute atomic E-state index is 0.124. The number of aliphatic hydroxyl groups excluding tert-OH is 1. The van der Waals surface area contributed by atoms with E-state index in [1.807, 2.05) is 48.5 Å². The first-order valence-electron chi connectivity index (χ1n) is 7.63. The van der Waals surface area contributed by atoms with Crippen molar-refractivity contribution in [3.05, 3.63) is 84.4 Å². The third kappa shape index (κ3) is 3.64. The Kier molecular flexibility index (Phi) is 4.93. The summed E-state index contributed by atoms with van der Waals surface area (Å²) in [6.45, 7) is -0.124. The molecule has 2 heterocycles. The van der Waals surface area contributed by atoms with Gasteiger partial charge in [-0.25, -0.2) is 0 Å². The van der Waals surface area contributed by atoms with Crippen molar-refractivity contribution in [3.8, 4) is 11.1 Å². The largest absolute Gasteiger partial charge is 0.394 e. The number of hydrogen-bond donors (Lipinski definition) is 2. The van der Waals surface area contributed by atoms with Gasteiger partial charge >= 0.3 is 0 Å². The maximum absolute atomic E-state index is 9.57. The maximum Gasteiger partial charge on any atom is 0.126 e. The first-order chi connectivity index (χ1) is 11.8. The number of benzene rings is 1. The fourth-order valence-corrected chi connectivity index (χ4v) is 2.41. The van der Waals surface area contributed by atoms with E-state index in [4.69, 9.17) is 5.73 Å². The van der Waals surface area contributed by atoms with Crippen molar-refractivity contribution in [1.82, 2.24) is 9.97 Å². The highest BCUT2D eigenvalue weighted by Gasteiger charge is 2.10. The van der Waals surface area contributed by atoms with Crippen LogP contribution < -0.4 is 5.73 Å². The van der Waals surface area contributed by atoms with E-state index in [-0.39, 0.29) is 6.61 Å². The Morgan fingerprint density at radius 2 is 1.67 bits per heavy atom. The molecule has 3 N–H and O–H groups in total. The predicted molar refractivity (Wildman–Crippen MR) is 94.5 cm³/mol. The van der Waals surface area contributed by atoms with E-state index in [1.165, 1.54) is 0 Å². The molecular weight excluding hydrogens is 300 g/mol. The van der Waals surface area contributed by atoms with Gasteiger partial charge in [-0.05, 0) is 34.9 Å². The van der Waals surface area contributed by atoms with Crippen molar-refractivity contribution in [2.24, 2.45) is 10.7 Å². The maximum atomic E-state index is 9.57. The average molecular weight is 318 g/mol. The molecule has 0 amide bonds. The van der Waals surface area contributed by atoms with E-state index < -0.39 is 6.04 Å². The van der Waals surface area contributed by atoms with Gasteiger partial charge in [-0.2, -0.15) is 0 Å². The molecule has 3 rings (SSSR count). The lowest BCUT2D eigenvalue weighted by molar-refractivity contribution is 0.268. The number of hydrogen-bond acceptors (Lipinski definition) is 4. The van der Waals surface area contributed by atoms with Gasteiger partial charge < -0.3 is 10.8 Å². The zero-order chi connectivity index (χ0) is 16.8. The molecule has 0 aliphatic carbocycles. The first-order valence-corrected chi connectivity index (χ1v) is 7.63. The van der Waals surface area contributed by atoms with Gasteiger partial charge in [0.25, 0.3) is 0 Å². The van der Waals surface area contributed by atoms with E-state index in [0.717, 1.165) is 22.3 Å². The van der Waals surface area contributed by atoms with Gasteiger partial charge in [0.05, 0.1) is 6.61 Å². The summed E-state index contributed by atoms with van der Waals surface area (Å²) in [5.74, 6) is 0.388. The Bertz CT molecular complexity index is 802. The Morgan fingerprint density at radius 3 is 2.29 bits per heavy atom. The van der Waals surface area contributed by atoms with Crippen LogP contribution in [0.3, 0.4) is 0 Å². The second-order valence-corrected chi connectivity index (χ2v) is 5.31. The number of rotatable bonds is 5. The van der Waals surface area contributed by atoms with Crippen LogP contribution in [0.2, 0.25) is 0 Å². The van der Waals surface area contributed by atoms with Gasteiger partial charge in [0.1, 0.15) is 11.9 Å². The number of nitrogens with two attached hydrogens (primary N) is 1. The summed E-state index contributed by atoms with van der Waals surface area (Å²) >= 11 is 0. The molecule has 0 saturated carbocycles. The molecule has 5 heteroatoms. The van der Waals surface area contributed by atoms with Crippen LogP contribution in [0, 0.1) is 0 Å². The molecule has 1 unspecified atom stereocenters. The summed E-state index contributed by atoms with van der Waals surface area (Å²) in [5, 5.41) is 9.57. The zero-order valence-electron chi connectivity index (χ0n) is 13.1. The van der Waals surface area contributed by atoms with E-state index in [9.17, 15) is 5.11 Å². The van der Waals surface area contributed by atoms with Crippen molar-refractivity contribution >= 4 is 5.84 Å². The highest BCUT2D eigenvalue weighted by atomic mass is 16.3. The molecule has 24 heavy (non-hydrogen) atoms. The summed E-state index contributed by atoms with van der Waals surface area (Å²) < 4.78 is 0. The van der Waals surface area contributed by atoms with Crippen LogP contribution in [-0.4, -0.2) is 27.5 Å². The van der Waals surface area contributed by atoms with Gasteiger partial charge in [0.15, 0.2) is 0 Å². The second kappa shape index (κ2) is 7.48. The van der Waals surface area contributed by atoms with Gasteiger partial charge in [-0.1, -0.05) is 30.3 Å². The van der Waals surface area contributed by atoms with Crippen LogP contribution in [-0.2, 0) is 0 Å². The molecule has 0 saturated heterocycles. The molecule has 120 valence electrons. The number of aromatic nitrogens is 2. The van der Waals surface area contributed by atoms with Crippen LogP contribution in [0.1, 0.15) is 17.2 Å². The molecule has 3 aromatic rings.